The van der Waals surface area contributed by atoms with Crippen LogP contribution < -0.4 is 10.6 Å². The van der Waals surface area contributed by atoms with Crippen LogP contribution in [0.4, 0.5) is 4.79 Å². The van der Waals surface area contributed by atoms with Crippen LogP contribution in [-0.2, 0) is 13.1 Å². The standard InChI is InChI=1S/C10H10N4O3S2/c15-9(16)6-5-19-8(14-6)4-13-10(17)12-3-7-11-1-2-18-7/h1-2,5H,3-4H2,(H,15,16)(H2,12,13,17). The van der Waals surface area contributed by atoms with Crippen LogP contribution in [0.1, 0.15) is 20.5 Å². The van der Waals surface area contributed by atoms with Crippen LogP contribution in [-0.4, -0.2) is 27.1 Å². The summed E-state index contributed by atoms with van der Waals surface area (Å²) in [5.74, 6) is -1.07. The Balaban J connectivity index is 1.75. The number of thiazole rings is 2. The Labute approximate surface area is 116 Å². The predicted octanol–water partition coefficient (Wildman–Crippen LogP) is 1.30. The molecule has 2 rings (SSSR count). The fraction of sp³-hybridized carbons (Fsp3) is 0.200. The van der Waals surface area contributed by atoms with E-state index in [-0.39, 0.29) is 18.3 Å². The summed E-state index contributed by atoms with van der Waals surface area (Å²) in [4.78, 5) is 30.0. The van der Waals surface area contributed by atoms with Crippen molar-refractivity contribution in [2.45, 2.75) is 13.1 Å². The molecule has 0 saturated heterocycles. The molecular formula is C10H10N4O3S2. The number of carbonyl (C=O) groups is 2. The fourth-order valence-electron chi connectivity index (χ4n) is 1.20. The number of aromatic carboxylic acids is 1. The largest absolute Gasteiger partial charge is 0.476 e. The summed E-state index contributed by atoms with van der Waals surface area (Å²) in [6.07, 6.45) is 1.67. The average Bonchev–Trinajstić information content (AvgIpc) is 3.05. The molecule has 0 spiro atoms. The second kappa shape index (κ2) is 6.25. The van der Waals surface area contributed by atoms with Crippen molar-refractivity contribution >= 4 is 34.7 Å². The second-order valence-electron chi connectivity index (χ2n) is 3.39. The number of hydrogen-bond donors (Lipinski definition) is 3. The lowest BCUT2D eigenvalue weighted by molar-refractivity contribution is 0.0691. The molecule has 0 saturated carbocycles. The molecule has 2 amide bonds. The number of hydrogen-bond acceptors (Lipinski definition) is 6. The molecule has 0 aromatic carbocycles. The van der Waals surface area contributed by atoms with Crippen molar-refractivity contribution in [2.75, 3.05) is 0 Å². The highest BCUT2D eigenvalue weighted by atomic mass is 32.1. The van der Waals surface area contributed by atoms with Gasteiger partial charge in [0.1, 0.15) is 10.0 Å². The van der Waals surface area contributed by atoms with Crippen molar-refractivity contribution in [2.24, 2.45) is 0 Å². The van der Waals surface area contributed by atoms with Gasteiger partial charge in [-0.15, -0.1) is 22.7 Å². The first kappa shape index (κ1) is 13.4. The molecule has 9 heteroatoms. The number of rotatable bonds is 5. The molecule has 0 bridgehead atoms. The SMILES string of the molecule is O=C(NCc1nccs1)NCc1nc(C(=O)O)cs1. The van der Waals surface area contributed by atoms with Crippen LogP contribution in [0, 0.1) is 0 Å². The Morgan fingerprint density at radius 3 is 2.53 bits per heavy atom. The minimum absolute atomic E-state index is 0.00927. The first-order valence-corrected chi connectivity index (χ1v) is 6.99. The lowest BCUT2D eigenvalue weighted by Gasteiger charge is -2.04. The van der Waals surface area contributed by atoms with E-state index in [9.17, 15) is 9.59 Å². The number of nitrogens with one attached hydrogen (secondary N) is 2. The molecule has 0 aliphatic heterocycles. The molecular weight excluding hydrogens is 288 g/mol. The number of amides is 2. The van der Waals surface area contributed by atoms with E-state index in [1.54, 1.807) is 6.20 Å². The summed E-state index contributed by atoms with van der Waals surface area (Å²) in [7, 11) is 0. The fourth-order valence-corrected chi connectivity index (χ4v) is 2.47. The van der Waals surface area contributed by atoms with Gasteiger partial charge < -0.3 is 15.7 Å². The Morgan fingerprint density at radius 2 is 1.95 bits per heavy atom. The van der Waals surface area contributed by atoms with Crippen LogP contribution in [0.5, 0.6) is 0 Å². The summed E-state index contributed by atoms with van der Waals surface area (Å²) < 4.78 is 0. The van der Waals surface area contributed by atoms with E-state index in [4.69, 9.17) is 5.11 Å². The first-order chi connectivity index (χ1) is 9.15. The highest BCUT2D eigenvalue weighted by Gasteiger charge is 2.09. The predicted molar refractivity (Wildman–Crippen MR) is 70.3 cm³/mol. The van der Waals surface area contributed by atoms with Gasteiger partial charge in [0, 0.05) is 17.0 Å². The molecule has 3 N–H and O–H groups in total. The third-order valence-corrected chi connectivity index (χ3v) is 3.68. The Morgan fingerprint density at radius 1 is 1.21 bits per heavy atom. The topological polar surface area (TPSA) is 104 Å². The maximum atomic E-state index is 11.5. The molecule has 100 valence electrons. The Kier molecular flexibility index (Phi) is 4.42. The summed E-state index contributed by atoms with van der Waals surface area (Å²) in [6.45, 7) is 0.559. The molecule has 19 heavy (non-hydrogen) atoms. The lowest BCUT2D eigenvalue weighted by atomic mass is 10.5. The van der Waals surface area contributed by atoms with Gasteiger partial charge in [-0.3, -0.25) is 0 Å². The molecule has 0 unspecified atom stereocenters. The molecule has 0 fully saturated rings. The highest BCUT2D eigenvalue weighted by molar-refractivity contribution is 7.10. The van der Waals surface area contributed by atoms with E-state index in [1.165, 1.54) is 28.1 Å². The molecule has 0 atom stereocenters. The van der Waals surface area contributed by atoms with Gasteiger partial charge in [-0.05, 0) is 0 Å². The van der Waals surface area contributed by atoms with Gasteiger partial charge in [-0.1, -0.05) is 0 Å². The number of carboxylic acid groups (broad SMARTS) is 1. The monoisotopic (exact) mass is 298 g/mol. The highest BCUT2D eigenvalue weighted by Crippen LogP contribution is 2.09. The average molecular weight is 298 g/mol. The maximum Gasteiger partial charge on any atom is 0.355 e. The van der Waals surface area contributed by atoms with Crippen molar-refractivity contribution in [1.82, 2.24) is 20.6 Å². The zero-order chi connectivity index (χ0) is 13.7. The van der Waals surface area contributed by atoms with E-state index in [2.05, 4.69) is 20.6 Å². The molecule has 7 nitrogen and oxygen atoms in total. The number of aromatic nitrogens is 2. The number of carboxylic acids is 1. The maximum absolute atomic E-state index is 11.5. The van der Waals surface area contributed by atoms with E-state index >= 15 is 0 Å². The molecule has 0 aliphatic rings. The molecule has 2 heterocycles. The summed E-state index contributed by atoms with van der Waals surface area (Å²) in [5, 5.41) is 18.6. The van der Waals surface area contributed by atoms with Crippen LogP contribution in [0.15, 0.2) is 17.0 Å². The number of nitrogens with zero attached hydrogens (tertiary/aromatic N) is 2. The van der Waals surface area contributed by atoms with Crippen LogP contribution in [0.3, 0.4) is 0 Å². The number of urea groups is 1. The van der Waals surface area contributed by atoms with Gasteiger partial charge >= 0.3 is 12.0 Å². The normalized spacial score (nSPS) is 10.1. The van der Waals surface area contributed by atoms with Crippen molar-refractivity contribution in [3.8, 4) is 0 Å². The number of carbonyl (C=O) groups excluding carboxylic acids is 1. The van der Waals surface area contributed by atoms with Crippen molar-refractivity contribution in [3.63, 3.8) is 0 Å². The van der Waals surface area contributed by atoms with Gasteiger partial charge in [0.25, 0.3) is 0 Å². The van der Waals surface area contributed by atoms with Crippen molar-refractivity contribution in [1.29, 1.82) is 0 Å². The van der Waals surface area contributed by atoms with Crippen molar-refractivity contribution < 1.29 is 14.7 Å². The zero-order valence-corrected chi connectivity index (χ0v) is 11.3. The van der Waals surface area contributed by atoms with E-state index in [0.717, 1.165) is 5.01 Å². The van der Waals surface area contributed by atoms with E-state index in [0.29, 0.717) is 11.6 Å². The third kappa shape index (κ3) is 4.00. The zero-order valence-electron chi connectivity index (χ0n) is 9.62. The van der Waals surface area contributed by atoms with Gasteiger partial charge in [0.2, 0.25) is 0 Å². The smallest absolute Gasteiger partial charge is 0.355 e. The second-order valence-corrected chi connectivity index (χ2v) is 5.32. The molecule has 2 aromatic heterocycles. The third-order valence-electron chi connectivity index (χ3n) is 2.05. The van der Waals surface area contributed by atoms with Crippen LogP contribution in [0.2, 0.25) is 0 Å². The summed E-state index contributed by atoms with van der Waals surface area (Å²) in [6, 6.07) is -0.345. The Bertz CT molecular complexity index is 567. The van der Waals surface area contributed by atoms with Crippen LogP contribution in [0.25, 0.3) is 0 Å². The lowest BCUT2D eigenvalue weighted by Crippen LogP contribution is -2.34. The minimum Gasteiger partial charge on any atom is -0.476 e. The van der Waals surface area contributed by atoms with Crippen LogP contribution >= 0.6 is 22.7 Å². The van der Waals surface area contributed by atoms with E-state index < -0.39 is 5.97 Å². The van der Waals surface area contributed by atoms with Gasteiger partial charge in [-0.25, -0.2) is 19.6 Å². The van der Waals surface area contributed by atoms with Crippen molar-refractivity contribution in [3.05, 3.63) is 32.7 Å². The van der Waals surface area contributed by atoms with E-state index in [1.807, 2.05) is 5.38 Å². The minimum atomic E-state index is -1.07. The van der Waals surface area contributed by atoms with Gasteiger partial charge in [0.15, 0.2) is 5.69 Å². The van der Waals surface area contributed by atoms with Gasteiger partial charge in [0.05, 0.1) is 13.1 Å². The summed E-state index contributed by atoms with van der Waals surface area (Å²) >= 11 is 2.65. The Hall–Kier alpha value is -2.00. The van der Waals surface area contributed by atoms with Gasteiger partial charge in [-0.2, -0.15) is 0 Å². The quantitative estimate of drug-likeness (QED) is 0.771. The summed E-state index contributed by atoms with van der Waals surface area (Å²) in [5.41, 5.74) is -0.00927. The molecule has 0 aliphatic carbocycles. The molecule has 0 radical (unpaired) electrons. The first-order valence-electron chi connectivity index (χ1n) is 5.23. The molecule has 2 aromatic rings.